The van der Waals surface area contributed by atoms with Gasteiger partial charge < -0.3 is 9.64 Å². The van der Waals surface area contributed by atoms with Crippen molar-refractivity contribution in [2.45, 2.75) is 6.42 Å². The van der Waals surface area contributed by atoms with Crippen LogP contribution in [0.15, 0.2) is 41.0 Å². The molecule has 0 N–H and O–H groups in total. The van der Waals surface area contributed by atoms with Gasteiger partial charge in [-0.1, -0.05) is 12.1 Å². The van der Waals surface area contributed by atoms with Crippen LogP contribution in [0.5, 0.6) is 5.75 Å². The van der Waals surface area contributed by atoms with Crippen LogP contribution in [0.1, 0.15) is 6.42 Å². The molecule has 1 aliphatic heterocycles. The largest absolute Gasteiger partial charge is 0.491 e. The van der Waals surface area contributed by atoms with E-state index < -0.39 is 0 Å². The van der Waals surface area contributed by atoms with Crippen LogP contribution in [0.25, 0.3) is 0 Å². The van der Waals surface area contributed by atoms with Gasteiger partial charge in [0.2, 0.25) is 0 Å². The number of nitrogens with zero attached hydrogens (tertiary/aromatic N) is 2. The van der Waals surface area contributed by atoms with Gasteiger partial charge in [0.05, 0.1) is 12.3 Å². The summed E-state index contributed by atoms with van der Waals surface area (Å²) in [5, 5.41) is 0. The van der Waals surface area contributed by atoms with Crippen LogP contribution in [0, 0.1) is 5.82 Å². The van der Waals surface area contributed by atoms with Crippen molar-refractivity contribution >= 4 is 27.4 Å². The molecule has 5 heteroatoms. The molecule has 0 fully saturated rings. The highest BCUT2D eigenvalue weighted by Crippen LogP contribution is 2.36. The number of aromatic nitrogens is 1. The molecule has 0 aliphatic carbocycles. The van der Waals surface area contributed by atoms with Gasteiger partial charge in [0.25, 0.3) is 0 Å². The molecular formula is C14H12BrFN2O. The predicted molar refractivity (Wildman–Crippen MR) is 75.5 cm³/mol. The summed E-state index contributed by atoms with van der Waals surface area (Å²) in [5.41, 5.74) is 0.855. The van der Waals surface area contributed by atoms with E-state index >= 15 is 0 Å². The Labute approximate surface area is 119 Å². The van der Waals surface area contributed by atoms with Gasteiger partial charge in [-0.2, -0.15) is 0 Å². The zero-order chi connectivity index (χ0) is 13.2. The summed E-state index contributed by atoms with van der Waals surface area (Å²) in [6.07, 6.45) is 2.43. The highest BCUT2D eigenvalue weighted by atomic mass is 79.9. The lowest BCUT2D eigenvalue weighted by Gasteiger charge is -2.23. The second-order valence-corrected chi connectivity index (χ2v) is 5.20. The third kappa shape index (κ3) is 2.42. The lowest BCUT2D eigenvalue weighted by Crippen LogP contribution is -2.20. The highest BCUT2D eigenvalue weighted by molar-refractivity contribution is 9.10. The van der Waals surface area contributed by atoms with Gasteiger partial charge in [0.15, 0.2) is 11.6 Å². The monoisotopic (exact) mass is 322 g/mol. The predicted octanol–water partition coefficient (Wildman–Crippen LogP) is 3.90. The summed E-state index contributed by atoms with van der Waals surface area (Å²) in [4.78, 5) is 6.06. The number of ether oxygens (including phenoxy) is 1. The van der Waals surface area contributed by atoms with Crippen LogP contribution in [-0.4, -0.2) is 18.1 Å². The Morgan fingerprint density at radius 3 is 3.00 bits per heavy atom. The normalized spacial score (nSPS) is 14.5. The fourth-order valence-corrected chi connectivity index (χ4v) is 2.46. The Bertz CT molecular complexity index is 606. The van der Waals surface area contributed by atoms with E-state index in [0.717, 1.165) is 17.9 Å². The first-order valence-corrected chi connectivity index (χ1v) is 6.85. The van der Waals surface area contributed by atoms with Gasteiger partial charge in [-0.05, 0) is 40.5 Å². The van der Waals surface area contributed by atoms with Crippen LogP contribution >= 0.6 is 15.9 Å². The summed E-state index contributed by atoms with van der Waals surface area (Å²) in [5.74, 6) is 0.761. The van der Waals surface area contributed by atoms with Crippen molar-refractivity contribution in [1.29, 1.82) is 0 Å². The molecule has 0 spiro atoms. The second-order valence-electron chi connectivity index (χ2n) is 4.28. The summed E-state index contributed by atoms with van der Waals surface area (Å²) in [6, 6.07) is 9.07. The van der Waals surface area contributed by atoms with Crippen molar-refractivity contribution in [1.82, 2.24) is 4.98 Å². The van der Waals surface area contributed by atoms with Gasteiger partial charge in [0.1, 0.15) is 5.75 Å². The van der Waals surface area contributed by atoms with Gasteiger partial charge >= 0.3 is 0 Å². The topological polar surface area (TPSA) is 25.4 Å². The zero-order valence-electron chi connectivity index (χ0n) is 10.1. The number of anilines is 2. The first kappa shape index (κ1) is 12.4. The molecule has 2 aromatic rings. The first-order chi connectivity index (χ1) is 9.25. The fourth-order valence-electron chi connectivity index (χ4n) is 2.15. The van der Waals surface area contributed by atoms with E-state index in [1.54, 1.807) is 6.20 Å². The highest BCUT2D eigenvalue weighted by Gasteiger charge is 2.21. The Morgan fingerprint density at radius 1 is 1.32 bits per heavy atom. The Hall–Kier alpha value is -1.62. The van der Waals surface area contributed by atoms with E-state index in [1.807, 2.05) is 29.2 Å². The average molecular weight is 323 g/mol. The van der Waals surface area contributed by atoms with Crippen LogP contribution in [0.2, 0.25) is 0 Å². The number of hydrogen-bond acceptors (Lipinski definition) is 3. The van der Waals surface area contributed by atoms with Crippen LogP contribution in [-0.2, 0) is 0 Å². The van der Waals surface area contributed by atoms with Gasteiger partial charge in [-0.3, -0.25) is 0 Å². The lowest BCUT2D eigenvalue weighted by molar-refractivity contribution is 0.322. The van der Waals surface area contributed by atoms with Gasteiger partial charge in [0, 0.05) is 17.2 Å². The molecule has 0 saturated carbocycles. The molecule has 19 heavy (non-hydrogen) atoms. The lowest BCUT2D eigenvalue weighted by atomic mass is 10.2. The minimum atomic E-state index is -0.342. The number of rotatable bonds is 1. The molecule has 0 saturated heterocycles. The Kier molecular flexibility index (Phi) is 3.38. The fraction of sp³-hybridized carbons (Fsp3) is 0.214. The number of pyridine rings is 1. The van der Waals surface area contributed by atoms with E-state index in [1.165, 1.54) is 6.07 Å². The number of benzene rings is 1. The molecular weight excluding hydrogens is 311 g/mol. The van der Waals surface area contributed by atoms with Crippen molar-refractivity contribution in [2.24, 2.45) is 0 Å². The van der Waals surface area contributed by atoms with Crippen molar-refractivity contribution in [3.05, 3.63) is 46.8 Å². The Morgan fingerprint density at radius 2 is 2.16 bits per heavy atom. The number of halogens is 2. The molecule has 98 valence electrons. The SMILES string of the molecule is Fc1cc(Br)cnc1N1CCCOc2ccccc21. The van der Waals surface area contributed by atoms with Gasteiger partial charge in [-0.25, -0.2) is 9.37 Å². The number of fused-ring (bicyclic) bond motifs is 1. The van der Waals surface area contributed by atoms with Crippen molar-refractivity contribution in [3.8, 4) is 5.75 Å². The molecule has 3 nitrogen and oxygen atoms in total. The van der Waals surface area contributed by atoms with E-state index in [9.17, 15) is 4.39 Å². The van der Waals surface area contributed by atoms with Crippen LogP contribution in [0.3, 0.4) is 0 Å². The van der Waals surface area contributed by atoms with E-state index in [2.05, 4.69) is 20.9 Å². The maximum atomic E-state index is 14.1. The minimum Gasteiger partial charge on any atom is -0.491 e. The molecule has 1 aromatic heterocycles. The number of hydrogen-bond donors (Lipinski definition) is 0. The third-order valence-corrected chi connectivity index (χ3v) is 3.42. The van der Waals surface area contributed by atoms with E-state index in [0.29, 0.717) is 23.4 Å². The zero-order valence-corrected chi connectivity index (χ0v) is 11.7. The van der Waals surface area contributed by atoms with Crippen LogP contribution < -0.4 is 9.64 Å². The molecule has 3 rings (SSSR count). The smallest absolute Gasteiger partial charge is 0.169 e. The minimum absolute atomic E-state index is 0.334. The average Bonchev–Trinajstić information content (AvgIpc) is 2.61. The molecule has 0 atom stereocenters. The maximum absolute atomic E-state index is 14.1. The summed E-state index contributed by atoms with van der Waals surface area (Å²) in [6.45, 7) is 1.31. The molecule has 2 heterocycles. The van der Waals surface area contributed by atoms with Crippen molar-refractivity contribution < 1.29 is 9.13 Å². The first-order valence-electron chi connectivity index (χ1n) is 6.06. The third-order valence-electron chi connectivity index (χ3n) is 2.98. The molecule has 0 unspecified atom stereocenters. The second kappa shape index (κ2) is 5.17. The quantitative estimate of drug-likeness (QED) is 0.796. The van der Waals surface area contributed by atoms with Crippen molar-refractivity contribution in [2.75, 3.05) is 18.1 Å². The summed E-state index contributed by atoms with van der Waals surface area (Å²) in [7, 11) is 0. The molecule has 1 aliphatic rings. The number of para-hydroxylation sites is 2. The summed E-state index contributed by atoms with van der Waals surface area (Å²) < 4.78 is 20.4. The van der Waals surface area contributed by atoms with Crippen LogP contribution in [0.4, 0.5) is 15.9 Å². The van der Waals surface area contributed by atoms with E-state index in [4.69, 9.17) is 4.74 Å². The summed E-state index contributed by atoms with van der Waals surface area (Å²) >= 11 is 3.22. The molecule has 1 aromatic carbocycles. The maximum Gasteiger partial charge on any atom is 0.169 e. The Balaban J connectivity index is 2.09. The molecule has 0 amide bonds. The molecule has 0 bridgehead atoms. The van der Waals surface area contributed by atoms with Crippen molar-refractivity contribution in [3.63, 3.8) is 0 Å². The standard InChI is InChI=1S/C14H12BrFN2O/c15-10-8-11(16)14(17-9-10)18-6-3-7-19-13-5-2-1-4-12(13)18/h1-2,4-5,8-9H,3,6-7H2. The van der Waals surface area contributed by atoms with E-state index in [-0.39, 0.29) is 5.82 Å². The van der Waals surface area contributed by atoms with Gasteiger partial charge in [-0.15, -0.1) is 0 Å². The molecule has 0 radical (unpaired) electrons.